The van der Waals surface area contributed by atoms with Crippen LogP contribution in [0.25, 0.3) is 0 Å². The molecule has 21 heavy (non-hydrogen) atoms. The van der Waals surface area contributed by atoms with Gasteiger partial charge in [0.15, 0.2) is 0 Å². The maximum atomic E-state index is 10.7. The van der Waals surface area contributed by atoms with Crippen LogP contribution >= 0.6 is 0 Å². The van der Waals surface area contributed by atoms with Crippen LogP contribution in [0.15, 0.2) is 9.98 Å². The number of fused-ring (bicyclic) bond motifs is 2. The van der Waals surface area contributed by atoms with Gasteiger partial charge in [-0.15, -0.1) is 0 Å². The topological polar surface area (TPSA) is 58.9 Å². The largest absolute Gasteiger partial charge is 0.235 e. The first-order valence-corrected chi connectivity index (χ1v) is 8.39. The van der Waals surface area contributed by atoms with E-state index in [1.807, 2.05) is 0 Å². The van der Waals surface area contributed by atoms with E-state index < -0.39 is 0 Å². The molecule has 4 heteroatoms. The first-order valence-electron chi connectivity index (χ1n) is 8.39. The summed E-state index contributed by atoms with van der Waals surface area (Å²) >= 11 is 0. The average molecular weight is 290 g/mol. The minimum Gasteiger partial charge on any atom is -0.211 e. The third kappa shape index (κ3) is 3.51. The molecule has 116 valence electrons. The summed E-state index contributed by atoms with van der Waals surface area (Å²) in [5.74, 6) is 2.26. The molecule has 0 aromatic carbocycles. The predicted molar refractivity (Wildman–Crippen MR) is 81.4 cm³/mol. The first-order chi connectivity index (χ1) is 10.2. The minimum absolute atomic E-state index is 0.118. The Morgan fingerprint density at radius 1 is 0.905 bits per heavy atom. The standard InChI is InChI=1S/C17H26N2O2/c1-3-5-16(18-10-20)14-8-12-7-13(14)15(9-12)17(6-4-2)19-11-21/h12-17H,3-9H2,1-2H3. The SMILES string of the molecule is CCCC(N=C=O)C1CC2CC(C(CCC)N=C=O)C1C2. The molecule has 2 aliphatic rings. The minimum atomic E-state index is 0.118. The smallest absolute Gasteiger partial charge is 0.211 e. The van der Waals surface area contributed by atoms with E-state index in [1.54, 1.807) is 12.2 Å². The highest BCUT2D eigenvalue weighted by Gasteiger charge is 2.50. The van der Waals surface area contributed by atoms with Crippen molar-refractivity contribution in [1.82, 2.24) is 0 Å². The molecule has 0 radical (unpaired) electrons. The zero-order valence-corrected chi connectivity index (χ0v) is 13.1. The van der Waals surface area contributed by atoms with Crippen molar-refractivity contribution in [3.8, 4) is 0 Å². The highest BCUT2D eigenvalue weighted by atomic mass is 16.1. The van der Waals surface area contributed by atoms with Gasteiger partial charge >= 0.3 is 0 Å². The van der Waals surface area contributed by atoms with Gasteiger partial charge in [0, 0.05) is 0 Å². The summed E-state index contributed by atoms with van der Waals surface area (Å²) in [6.45, 7) is 4.27. The first kappa shape index (κ1) is 16.1. The molecule has 0 N–H and O–H groups in total. The maximum absolute atomic E-state index is 10.7. The van der Waals surface area contributed by atoms with Crippen LogP contribution in [-0.4, -0.2) is 24.2 Å². The van der Waals surface area contributed by atoms with Crippen LogP contribution in [0.1, 0.15) is 58.8 Å². The van der Waals surface area contributed by atoms with Crippen LogP contribution in [0.5, 0.6) is 0 Å². The van der Waals surface area contributed by atoms with Crippen LogP contribution in [0.4, 0.5) is 0 Å². The summed E-state index contributed by atoms with van der Waals surface area (Å²) in [5, 5.41) is 0. The van der Waals surface area contributed by atoms with Crippen LogP contribution in [0, 0.1) is 23.7 Å². The van der Waals surface area contributed by atoms with Crippen LogP contribution in [-0.2, 0) is 9.59 Å². The van der Waals surface area contributed by atoms with Gasteiger partial charge in [-0.3, -0.25) is 0 Å². The van der Waals surface area contributed by atoms with E-state index in [4.69, 9.17) is 0 Å². The molecule has 0 aromatic rings. The van der Waals surface area contributed by atoms with E-state index >= 15 is 0 Å². The van der Waals surface area contributed by atoms with Gasteiger partial charge in [-0.2, -0.15) is 0 Å². The molecule has 4 atom stereocenters. The Hall–Kier alpha value is -1.24. The monoisotopic (exact) mass is 290 g/mol. The Morgan fingerprint density at radius 2 is 1.38 bits per heavy atom. The molecule has 0 aromatic heterocycles. The molecule has 0 aliphatic heterocycles. The van der Waals surface area contributed by atoms with Gasteiger partial charge < -0.3 is 0 Å². The highest BCUT2D eigenvalue weighted by molar-refractivity contribution is 5.34. The predicted octanol–water partition coefficient (Wildman–Crippen LogP) is 3.66. The molecular weight excluding hydrogens is 264 g/mol. The van der Waals surface area contributed by atoms with E-state index in [0.717, 1.165) is 31.6 Å². The van der Waals surface area contributed by atoms with Crippen molar-refractivity contribution >= 4 is 12.2 Å². The summed E-state index contributed by atoms with van der Waals surface area (Å²) in [5.41, 5.74) is 0. The Labute approximate surface area is 127 Å². The average Bonchev–Trinajstić information content (AvgIpc) is 3.07. The lowest BCUT2D eigenvalue weighted by Crippen LogP contribution is -2.34. The number of aliphatic imine (C=N–C) groups is 2. The number of nitrogens with zero attached hydrogens (tertiary/aromatic N) is 2. The van der Waals surface area contributed by atoms with Crippen LogP contribution < -0.4 is 0 Å². The molecule has 2 bridgehead atoms. The Bertz CT molecular complexity index is 400. The van der Waals surface area contributed by atoms with E-state index in [-0.39, 0.29) is 12.1 Å². The molecule has 0 saturated heterocycles. The zero-order valence-electron chi connectivity index (χ0n) is 13.1. The second kappa shape index (κ2) is 7.68. The van der Waals surface area contributed by atoms with Crippen LogP contribution in [0.3, 0.4) is 0 Å². The van der Waals surface area contributed by atoms with Crippen molar-refractivity contribution in [2.24, 2.45) is 33.7 Å². The molecule has 0 spiro atoms. The van der Waals surface area contributed by atoms with Gasteiger partial charge in [-0.25, -0.2) is 19.6 Å². The van der Waals surface area contributed by atoms with E-state index in [0.29, 0.717) is 17.8 Å². The lowest BCUT2D eigenvalue weighted by molar-refractivity contribution is 0.174. The van der Waals surface area contributed by atoms with Crippen LogP contribution in [0.2, 0.25) is 0 Å². The highest BCUT2D eigenvalue weighted by Crippen LogP contribution is 2.55. The van der Waals surface area contributed by atoms with E-state index in [1.165, 1.54) is 19.3 Å². The lowest BCUT2D eigenvalue weighted by atomic mass is 9.72. The van der Waals surface area contributed by atoms with E-state index in [2.05, 4.69) is 23.8 Å². The Morgan fingerprint density at radius 3 is 1.71 bits per heavy atom. The van der Waals surface area contributed by atoms with Gasteiger partial charge in [0.25, 0.3) is 0 Å². The fourth-order valence-electron chi connectivity index (χ4n) is 4.82. The summed E-state index contributed by atoms with van der Waals surface area (Å²) in [4.78, 5) is 29.6. The fourth-order valence-corrected chi connectivity index (χ4v) is 4.82. The van der Waals surface area contributed by atoms with Crippen molar-refractivity contribution in [3.63, 3.8) is 0 Å². The fraction of sp³-hybridized carbons (Fsp3) is 0.882. The molecular formula is C17H26N2O2. The van der Waals surface area contributed by atoms with Crippen molar-refractivity contribution in [3.05, 3.63) is 0 Å². The molecule has 2 aliphatic carbocycles. The summed E-state index contributed by atoms with van der Waals surface area (Å²) < 4.78 is 0. The molecule has 4 unspecified atom stereocenters. The quantitative estimate of drug-likeness (QED) is 0.506. The molecule has 2 saturated carbocycles. The third-order valence-electron chi connectivity index (χ3n) is 5.51. The van der Waals surface area contributed by atoms with Gasteiger partial charge in [0.05, 0.1) is 12.1 Å². The summed E-state index contributed by atoms with van der Waals surface area (Å²) in [6, 6.07) is 0.237. The normalized spacial score (nSPS) is 33.0. The molecule has 0 heterocycles. The molecule has 2 fully saturated rings. The van der Waals surface area contributed by atoms with Gasteiger partial charge in [-0.1, -0.05) is 26.7 Å². The third-order valence-corrected chi connectivity index (χ3v) is 5.51. The van der Waals surface area contributed by atoms with Gasteiger partial charge in [-0.05, 0) is 55.8 Å². The number of carbonyl (C=O) groups excluding carboxylic acids is 2. The second-order valence-corrected chi connectivity index (χ2v) is 6.72. The molecule has 4 nitrogen and oxygen atoms in total. The van der Waals surface area contributed by atoms with Gasteiger partial charge in [0.1, 0.15) is 0 Å². The lowest BCUT2D eigenvalue weighted by Gasteiger charge is -2.35. The Balaban J connectivity index is 2.13. The number of isocyanates is 2. The summed E-state index contributed by atoms with van der Waals surface area (Å²) in [6.07, 6.45) is 11.1. The Kier molecular flexibility index (Phi) is 5.90. The maximum Gasteiger partial charge on any atom is 0.235 e. The summed E-state index contributed by atoms with van der Waals surface area (Å²) in [7, 11) is 0. The molecule has 0 amide bonds. The van der Waals surface area contributed by atoms with Crippen molar-refractivity contribution in [2.75, 3.05) is 0 Å². The van der Waals surface area contributed by atoms with Crippen molar-refractivity contribution in [2.45, 2.75) is 70.9 Å². The zero-order chi connectivity index (χ0) is 15.2. The number of hydrogen-bond donors (Lipinski definition) is 0. The van der Waals surface area contributed by atoms with Crippen molar-refractivity contribution < 1.29 is 9.59 Å². The number of rotatable bonds is 8. The molecule has 2 rings (SSSR count). The van der Waals surface area contributed by atoms with Gasteiger partial charge in [0.2, 0.25) is 12.2 Å². The van der Waals surface area contributed by atoms with Crippen molar-refractivity contribution in [1.29, 1.82) is 0 Å². The van der Waals surface area contributed by atoms with E-state index in [9.17, 15) is 9.59 Å². The number of hydrogen-bond acceptors (Lipinski definition) is 4. The second-order valence-electron chi connectivity index (χ2n) is 6.72.